The Morgan fingerprint density at radius 3 is 2.56 bits per heavy atom. The molecule has 0 bridgehead atoms. The average Bonchev–Trinajstić information content (AvgIpc) is 3.75. The van der Waals surface area contributed by atoms with E-state index in [1.807, 2.05) is 4.31 Å². The number of anilines is 1. The molecule has 3 unspecified atom stereocenters. The number of ether oxygens (including phenoxy) is 1. The second-order valence-electron chi connectivity index (χ2n) is 9.58. The minimum atomic E-state index is -1.13. The maximum atomic E-state index is 14.9. The standard InChI is InChI=1S/C26H27ClF2N2O4S/c27-18-10-7-16(11-20(18)29)23-14-35-24(12-25(32)33)26(34)31(23)22(15-5-6-15)13-30(36-17-8-9-17)21-4-2-1-3-19(21)28/h1-4,7,10-11,15,17,22-24H,5-6,8-9,12-14H2,(H,32,33). The third-order valence-corrected chi connectivity index (χ3v) is 8.48. The molecule has 0 spiro atoms. The number of rotatable bonds is 10. The van der Waals surface area contributed by atoms with Crippen LogP contribution in [0.3, 0.4) is 0 Å². The van der Waals surface area contributed by atoms with E-state index >= 15 is 0 Å². The molecule has 10 heteroatoms. The van der Waals surface area contributed by atoms with Gasteiger partial charge in [0.15, 0.2) is 0 Å². The summed E-state index contributed by atoms with van der Waals surface area (Å²) in [7, 11) is 0. The fraction of sp³-hybridized carbons (Fsp3) is 0.462. The zero-order valence-electron chi connectivity index (χ0n) is 19.5. The van der Waals surface area contributed by atoms with Crippen molar-refractivity contribution in [3.05, 3.63) is 64.7 Å². The maximum absolute atomic E-state index is 14.9. The zero-order chi connectivity index (χ0) is 25.4. The molecule has 3 fully saturated rings. The van der Waals surface area contributed by atoms with E-state index in [9.17, 15) is 23.5 Å². The van der Waals surface area contributed by atoms with E-state index in [4.69, 9.17) is 16.3 Å². The van der Waals surface area contributed by atoms with Gasteiger partial charge in [-0.15, -0.1) is 0 Å². The lowest BCUT2D eigenvalue weighted by Gasteiger charge is -2.45. The fourth-order valence-corrected chi connectivity index (χ4v) is 6.00. The predicted octanol–water partition coefficient (Wildman–Crippen LogP) is 5.46. The van der Waals surface area contributed by atoms with Crippen LogP contribution in [-0.2, 0) is 14.3 Å². The Labute approximate surface area is 217 Å². The summed E-state index contributed by atoms with van der Waals surface area (Å²) in [5.74, 6) is -2.34. The van der Waals surface area contributed by atoms with Crippen molar-refractivity contribution in [3.63, 3.8) is 0 Å². The molecule has 6 nitrogen and oxygen atoms in total. The molecule has 3 atom stereocenters. The molecular weight excluding hydrogens is 510 g/mol. The van der Waals surface area contributed by atoms with Gasteiger partial charge in [0.25, 0.3) is 5.91 Å². The number of aliphatic carboxylic acids is 1. The Morgan fingerprint density at radius 2 is 1.92 bits per heavy atom. The van der Waals surface area contributed by atoms with Gasteiger partial charge in [-0.2, -0.15) is 0 Å². The first kappa shape index (κ1) is 25.3. The number of morpholine rings is 1. The molecule has 1 N–H and O–H groups in total. The van der Waals surface area contributed by atoms with E-state index in [0.29, 0.717) is 23.0 Å². The van der Waals surface area contributed by atoms with Gasteiger partial charge in [0, 0.05) is 5.25 Å². The highest BCUT2D eigenvalue weighted by atomic mass is 35.5. The van der Waals surface area contributed by atoms with Crippen LogP contribution in [0, 0.1) is 17.6 Å². The number of carboxylic acid groups (broad SMARTS) is 1. The number of halogens is 3. The van der Waals surface area contributed by atoms with E-state index in [-0.39, 0.29) is 29.4 Å². The van der Waals surface area contributed by atoms with Gasteiger partial charge in [-0.25, -0.2) is 8.78 Å². The number of para-hydroxylation sites is 1. The topological polar surface area (TPSA) is 70.1 Å². The normalized spacial score (nSPS) is 23.0. The van der Waals surface area contributed by atoms with Gasteiger partial charge in [-0.1, -0.05) is 29.8 Å². The fourth-order valence-electron chi connectivity index (χ4n) is 4.68. The molecule has 2 aromatic carbocycles. The van der Waals surface area contributed by atoms with Crippen LogP contribution in [0.15, 0.2) is 42.5 Å². The molecule has 1 amide bonds. The molecule has 5 rings (SSSR count). The molecule has 0 aromatic heterocycles. The Balaban J connectivity index is 1.50. The highest BCUT2D eigenvalue weighted by Crippen LogP contribution is 2.45. The van der Waals surface area contributed by atoms with Crippen molar-refractivity contribution in [2.45, 2.75) is 55.5 Å². The van der Waals surface area contributed by atoms with Crippen LogP contribution in [0.5, 0.6) is 0 Å². The number of amides is 1. The largest absolute Gasteiger partial charge is 0.481 e. The molecule has 36 heavy (non-hydrogen) atoms. The van der Waals surface area contributed by atoms with Gasteiger partial charge in [-0.3, -0.25) is 9.59 Å². The van der Waals surface area contributed by atoms with Crippen LogP contribution in [0.2, 0.25) is 5.02 Å². The number of nitrogens with zero attached hydrogens (tertiary/aromatic N) is 2. The summed E-state index contributed by atoms with van der Waals surface area (Å²) in [6, 6.07) is 10.0. The van der Waals surface area contributed by atoms with Crippen LogP contribution >= 0.6 is 23.5 Å². The molecule has 1 saturated heterocycles. The van der Waals surface area contributed by atoms with Gasteiger partial charge >= 0.3 is 5.97 Å². The van der Waals surface area contributed by atoms with Crippen molar-refractivity contribution in [1.29, 1.82) is 0 Å². The van der Waals surface area contributed by atoms with Crippen LogP contribution in [0.4, 0.5) is 14.5 Å². The van der Waals surface area contributed by atoms with Gasteiger partial charge in [0.2, 0.25) is 0 Å². The summed E-state index contributed by atoms with van der Waals surface area (Å²) in [6.45, 7) is 0.397. The number of hydrogen-bond acceptors (Lipinski definition) is 5. The van der Waals surface area contributed by atoms with Crippen molar-refractivity contribution in [1.82, 2.24) is 4.90 Å². The van der Waals surface area contributed by atoms with Crippen LogP contribution < -0.4 is 4.31 Å². The molecule has 192 valence electrons. The highest BCUT2D eigenvalue weighted by Gasteiger charge is 2.47. The minimum Gasteiger partial charge on any atom is -0.481 e. The second-order valence-corrected chi connectivity index (χ2v) is 11.3. The molecule has 0 radical (unpaired) electrons. The smallest absolute Gasteiger partial charge is 0.306 e. The van der Waals surface area contributed by atoms with Gasteiger partial charge in [0.1, 0.15) is 17.7 Å². The monoisotopic (exact) mass is 536 g/mol. The molecule has 2 aliphatic carbocycles. The average molecular weight is 537 g/mol. The summed E-state index contributed by atoms with van der Waals surface area (Å²) in [5, 5.41) is 9.71. The SMILES string of the molecule is O=C(O)CC1OCC(c2ccc(Cl)c(F)c2)N(C(CN(SC2CC2)c2ccccc2F)C2CC2)C1=O. The molecule has 3 aliphatic rings. The molecule has 1 aliphatic heterocycles. The van der Waals surface area contributed by atoms with E-state index in [2.05, 4.69) is 0 Å². The lowest BCUT2D eigenvalue weighted by molar-refractivity contribution is -0.169. The number of hydrogen-bond donors (Lipinski definition) is 1. The van der Waals surface area contributed by atoms with Crippen LogP contribution in [0.25, 0.3) is 0 Å². The Bertz CT molecular complexity index is 1150. The number of carbonyl (C=O) groups excluding carboxylic acids is 1. The molecule has 1 heterocycles. The van der Waals surface area contributed by atoms with Gasteiger partial charge in [0.05, 0.1) is 42.4 Å². The molecule has 2 aromatic rings. The van der Waals surface area contributed by atoms with Crippen LogP contribution in [0.1, 0.15) is 43.7 Å². The third kappa shape index (κ3) is 5.63. The van der Waals surface area contributed by atoms with Crippen molar-refractivity contribution >= 4 is 41.1 Å². The van der Waals surface area contributed by atoms with Gasteiger partial charge in [-0.05, 0) is 73.4 Å². The summed E-state index contributed by atoms with van der Waals surface area (Å²) in [5.41, 5.74) is 0.980. The van der Waals surface area contributed by atoms with Crippen molar-refractivity contribution in [2.75, 3.05) is 17.5 Å². The van der Waals surface area contributed by atoms with Gasteiger partial charge < -0.3 is 19.0 Å². The molecule has 2 saturated carbocycles. The first-order valence-electron chi connectivity index (χ1n) is 12.1. The quantitative estimate of drug-likeness (QED) is 0.407. The summed E-state index contributed by atoms with van der Waals surface area (Å²) >= 11 is 7.48. The minimum absolute atomic E-state index is 0.0255. The molecular formula is C26H27ClF2N2O4S. The Morgan fingerprint density at radius 1 is 1.17 bits per heavy atom. The lowest BCUT2D eigenvalue weighted by atomic mass is 9.97. The number of benzene rings is 2. The summed E-state index contributed by atoms with van der Waals surface area (Å²) < 4.78 is 36.9. The number of carboxylic acids is 1. The third-order valence-electron chi connectivity index (χ3n) is 6.81. The van der Waals surface area contributed by atoms with Crippen molar-refractivity contribution < 1.29 is 28.2 Å². The zero-order valence-corrected chi connectivity index (χ0v) is 21.1. The Hall–Kier alpha value is -2.36. The van der Waals surface area contributed by atoms with E-state index in [0.717, 1.165) is 25.7 Å². The van der Waals surface area contributed by atoms with E-state index < -0.39 is 36.3 Å². The maximum Gasteiger partial charge on any atom is 0.306 e. The lowest BCUT2D eigenvalue weighted by Crippen LogP contribution is -2.57. The van der Waals surface area contributed by atoms with Crippen molar-refractivity contribution in [3.8, 4) is 0 Å². The first-order valence-corrected chi connectivity index (χ1v) is 13.3. The van der Waals surface area contributed by atoms with Crippen molar-refractivity contribution in [2.24, 2.45) is 5.92 Å². The van der Waals surface area contributed by atoms with E-state index in [1.165, 1.54) is 18.2 Å². The first-order chi connectivity index (χ1) is 17.3. The summed E-state index contributed by atoms with van der Waals surface area (Å²) in [4.78, 5) is 26.8. The van der Waals surface area contributed by atoms with E-state index in [1.54, 1.807) is 41.1 Å². The highest BCUT2D eigenvalue weighted by molar-refractivity contribution is 8.01. The summed E-state index contributed by atoms with van der Waals surface area (Å²) in [6.07, 6.45) is 2.32. The Kier molecular flexibility index (Phi) is 7.42. The van der Waals surface area contributed by atoms with Crippen LogP contribution in [-0.4, -0.2) is 52.4 Å². The number of carbonyl (C=O) groups is 2. The second kappa shape index (κ2) is 10.6. The predicted molar refractivity (Wildman–Crippen MR) is 134 cm³/mol.